The Kier molecular flexibility index (Phi) is 3.85. The van der Waals surface area contributed by atoms with Crippen LogP contribution in [0.25, 0.3) is 0 Å². The molecule has 2 aromatic rings. The van der Waals surface area contributed by atoms with E-state index in [-0.39, 0.29) is 24.6 Å². The first-order valence-corrected chi connectivity index (χ1v) is 5.66. The van der Waals surface area contributed by atoms with Gasteiger partial charge in [-0.1, -0.05) is 24.3 Å². The number of halogens is 1. The van der Waals surface area contributed by atoms with Gasteiger partial charge in [-0.25, -0.2) is 4.39 Å². The molecule has 0 aliphatic rings. The number of benzene rings is 2. The molecule has 0 spiro atoms. The van der Waals surface area contributed by atoms with Crippen LogP contribution in [-0.4, -0.2) is 10.9 Å². The van der Waals surface area contributed by atoms with Crippen LogP contribution in [0.3, 0.4) is 0 Å². The van der Waals surface area contributed by atoms with Crippen molar-refractivity contribution in [2.45, 2.75) is 13.0 Å². The molecule has 0 bridgehead atoms. The molecule has 0 heterocycles. The molecule has 3 heteroatoms. The quantitative estimate of drug-likeness (QED) is 0.840. The van der Waals surface area contributed by atoms with Crippen molar-refractivity contribution in [1.82, 2.24) is 0 Å². The summed E-state index contributed by atoms with van der Waals surface area (Å²) in [4.78, 5) is 11.9. The number of aliphatic hydroxyl groups excluding tert-OH is 1. The van der Waals surface area contributed by atoms with Crippen LogP contribution in [0, 0.1) is 5.82 Å². The predicted molar refractivity (Wildman–Crippen MR) is 66.8 cm³/mol. The van der Waals surface area contributed by atoms with Crippen molar-refractivity contribution in [1.29, 1.82) is 0 Å². The second-order valence-corrected chi connectivity index (χ2v) is 4.08. The van der Waals surface area contributed by atoms with Crippen LogP contribution in [0.5, 0.6) is 0 Å². The molecular weight excluding hydrogens is 231 g/mol. The van der Waals surface area contributed by atoms with Gasteiger partial charge in [0.2, 0.25) is 0 Å². The lowest BCUT2D eigenvalue weighted by Gasteiger charge is -2.03. The lowest BCUT2D eigenvalue weighted by atomic mass is 10.0. The Hall–Kier alpha value is -2.00. The Balaban J connectivity index is 2.13. The largest absolute Gasteiger partial charge is 0.392 e. The zero-order chi connectivity index (χ0) is 13.0. The lowest BCUT2D eigenvalue weighted by molar-refractivity contribution is 0.0993. The minimum absolute atomic E-state index is 0.0431. The van der Waals surface area contributed by atoms with Gasteiger partial charge >= 0.3 is 0 Å². The normalized spacial score (nSPS) is 10.3. The highest BCUT2D eigenvalue weighted by atomic mass is 19.1. The summed E-state index contributed by atoms with van der Waals surface area (Å²) in [6.07, 6.45) is 0.249. The summed E-state index contributed by atoms with van der Waals surface area (Å²) >= 11 is 0. The van der Waals surface area contributed by atoms with Gasteiger partial charge in [-0.05, 0) is 35.4 Å². The molecule has 0 atom stereocenters. The van der Waals surface area contributed by atoms with E-state index in [1.165, 1.54) is 24.3 Å². The number of carbonyl (C=O) groups is 1. The summed E-state index contributed by atoms with van der Waals surface area (Å²) in [5, 5.41) is 9.02. The van der Waals surface area contributed by atoms with E-state index in [0.29, 0.717) is 5.56 Å². The van der Waals surface area contributed by atoms with Gasteiger partial charge in [0.15, 0.2) is 5.78 Å². The number of hydrogen-bond acceptors (Lipinski definition) is 2. The van der Waals surface area contributed by atoms with Crippen LogP contribution in [-0.2, 0) is 13.0 Å². The van der Waals surface area contributed by atoms with E-state index in [2.05, 4.69) is 0 Å². The molecule has 0 amide bonds. The van der Waals surface area contributed by atoms with Crippen LogP contribution in [0.15, 0.2) is 48.5 Å². The first-order valence-electron chi connectivity index (χ1n) is 5.66. The minimum Gasteiger partial charge on any atom is -0.392 e. The topological polar surface area (TPSA) is 37.3 Å². The van der Waals surface area contributed by atoms with Crippen LogP contribution < -0.4 is 0 Å². The molecular formula is C15H13FO2. The van der Waals surface area contributed by atoms with Crippen molar-refractivity contribution in [3.63, 3.8) is 0 Å². The number of aliphatic hydroxyl groups is 1. The molecule has 0 aliphatic heterocycles. The van der Waals surface area contributed by atoms with Crippen molar-refractivity contribution >= 4 is 5.78 Å². The molecule has 0 aromatic heterocycles. The maximum absolute atomic E-state index is 12.7. The number of Topliss-reactive ketones (excluding diaryl/α,β-unsaturated/α-hetero) is 1. The Morgan fingerprint density at radius 3 is 2.39 bits per heavy atom. The SMILES string of the molecule is O=C(Cc1cccc(CO)c1)c1ccc(F)cc1. The smallest absolute Gasteiger partial charge is 0.167 e. The molecule has 0 unspecified atom stereocenters. The molecule has 2 nitrogen and oxygen atoms in total. The van der Waals surface area contributed by atoms with Crippen LogP contribution in [0.4, 0.5) is 4.39 Å². The summed E-state index contributed by atoms with van der Waals surface area (Å²) in [6, 6.07) is 12.7. The fourth-order valence-corrected chi connectivity index (χ4v) is 1.76. The fourth-order valence-electron chi connectivity index (χ4n) is 1.76. The number of rotatable bonds is 4. The van der Waals surface area contributed by atoms with Gasteiger partial charge in [0.05, 0.1) is 6.61 Å². The monoisotopic (exact) mass is 244 g/mol. The van der Waals surface area contributed by atoms with Gasteiger partial charge in [-0.3, -0.25) is 4.79 Å². The number of hydrogen-bond donors (Lipinski definition) is 1. The average Bonchev–Trinajstić information content (AvgIpc) is 2.39. The van der Waals surface area contributed by atoms with Crippen LogP contribution in [0.1, 0.15) is 21.5 Å². The highest BCUT2D eigenvalue weighted by Gasteiger charge is 2.07. The Bertz CT molecular complexity index is 547. The molecule has 2 rings (SSSR count). The molecule has 18 heavy (non-hydrogen) atoms. The third-order valence-electron chi connectivity index (χ3n) is 2.70. The van der Waals surface area contributed by atoms with E-state index >= 15 is 0 Å². The van der Waals surface area contributed by atoms with E-state index in [1.54, 1.807) is 18.2 Å². The van der Waals surface area contributed by atoms with Crippen LogP contribution >= 0.6 is 0 Å². The third-order valence-corrected chi connectivity index (χ3v) is 2.70. The summed E-state index contributed by atoms with van der Waals surface area (Å²) in [7, 11) is 0. The van der Waals surface area contributed by atoms with E-state index in [4.69, 9.17) is 5.11 Å². The van der Waals surface area contributed by atoms with Crippen molar-refractivity contribution in [2.24, 2.45) is 0 Å². The molecule has 2 aromatic carbocycles. The molecule has 0 saturated carbocycles. The molecule has 92 valence electrons. The third kappa shape index (κ3) is 3.02. The zero-order valence-electron chi connectivity index (χ0n) is 9.77. The fraction of sp³-hybridized carbons (Fsp3) is 0.133. The van der Waals surface area contributed by atoms with Gasteiger partial charge in [0, 0.05) is 12.0 Å². The van der Waals surface area contributed by atoms with Crippen molar-refractivity contribution < 1.29 is 14.3 Å². The number of carbonyl (C=O) groups excluding carboxylic acids is 1. The van der Waals surface area contributed by atoms with E-state index in [1.807, 2.05) is 6.07 Å². The number of ketones is 1. The summed E-state index contributed by atoms with van der Waals surface area (Å²) in [5.74, 6) is -0.418. The average molecular weight is 244 g/mol. The van der Waals surface area contributed by atoms with Gasteiger partial charge in [-0.2, -0.15) is 0 Å². The second kappa shape index (κ2) is 5.56. The second-order valence-electron chi connectivity index (χ2n) is 4.08. The van der Waals surface area contributed by atoms with E-state index in [9.17, 15) is 9.18 Å². The predicted octanol–water partition coefficient (Wildman–Crippen LogP) is 2.74. The highest BCUT2D eigenvalue weighted by Crippen LogP contribution is 2.11. The van der Waals surface area contributed by atoms with Crippen molar-refractivity contribution in [3.8, 4) is 0 Å². The zero-order valence-corrected chi connectivity index (χ0v) is 9.77. The van der Waals surface area contributed by atoms with Gasteiger partial charge in [-0.15, -0.1) is 0 Å². The summed E-state index contributed by atoms with van der Waals surface area (Å²) in [6.45, 7) is -0.0431. The summed E-state index contributed by atoms with van der Waals surface area (Å²) < 4.78 is 12.7. The molecule has 0 aliphatic carbocycles. The van der Waals surface area contributed by atoms with Gasteiger partial charge < -0.3 is 5.11 Å². The molecule has 0 saturated heterocycles. The Morgan fingerprint density at radius 1 is 1.06 bits per heavy atom. The van der Waals surface area contributed by atoms with Gasteiger partial charge in [0.25, 0.3) is 0 Å². The summed E-state index contributed by atoms with van der Waals surface area (Å²) in [5.41, 5.74) is 2.11. The Labute approximate surface area is 105 Å². The minimum atomic E-state index is -0.353. The maximum atomic E-state index is 12.7. The standard InChI is InChI=1S/C15H13FO2/c16-14-6-4-13(5-7-14)15(18)9-11-2-1-3-12(8-11)10-17/h1-8,17H,9-10H2. The lowest BCUT2D eigenvalue weighted by Crippen LogP contribution is -2.03. The van der Waals surface area contributed by atoms with Crippen molar-refractivity contribution in [3.05, 3.63) is 71.0 Å². The highest BCUT2D eigenvalue weighted by molar-refractivity contribution is 5.97. The molecule has 0 radical (unpaired) electrons. The van der Waals surface area contributed by atoms with Crippen LogP contribution in [0.2, 0.25) is 0 Å². The molecule has 1 N–H and O–H groups in total. The Morgan fingerprint density at radius 2 is 1.72 bits per heavy atom. The molecule has 0 fully saturated rings. The van der Waals surface area contributed by atoms with E-state index < -0.39 is 0 Å². The first-order chi connectivity index (χ1) is 8.69. The maximum Gasteiger partial charge on any atom is 0.167 e. The van der Waals surface area contributed by atoms with Crippen molar-refractivity contribution in [2.75, 3.05) is 0 Å². The van der Waals surface area contributed by atoms with E-state index in [0.717, 1.165) is 11.1 Å². The first kappa shape index (κ1) is 12.5. The van der Waals surface area contributed by atoms with Gasteiger partial charge in [0.1, 0.15) is 5.82 Å².